The van der Waals surface area contributed by atoms with Gasteiger partial charge in [0.05, 0.1) is 12.6 Å². The molecule has 24 heavy (non-hydrogen) atoms. The Kier molecular flexibility index (Phi) is 4.35. The van der Waals surface area contributed by atoms with Crippen LogP contribution in [0.4, 0.5) is 5.82 Å². The lowest BCUT2D eigenvalue weighted by Gasteiger charge is -2.24. The molecule has 1 atom stereocenters. The highest BCUT2D eigenvalue weighted by Crippen LogP contribution is 2.34. The number of hydrogen-bond donors (Lipinski definition) is 0. The first-order valence-corrected chi connectivity index (χ1v) is 7.60. The number of rotatable bonds is 4. The molecule has 1 aliphatic heterocycles. The number of aliphatic imine (C=N–C) groups is 1. The molecule has 0 radical (unpaired) electrons. The lowest BCUT2D eigenvalue weighted by atomic mass is 10.2. The number of aromatic nitrogens is 1. The number of fused-ring (bicyclic) bond motifs is 3. The summed E-state index contributed by atoms with van der Waals surface area (Å²) in [6, 6.07) is 7.13. The van der Waals surface area contributed by atoms with Crippen LogP contribution in [0.3, 0.4) is 0 Å². The van der Waals surface area contributed by atoms with Gasteiger partial charge in [-0.05, 0) is 13.0 Å². The zero-order valence-corrected chi connectivity index (χ0v) is 13.9. The van der Waals surface area contributed by atoms with Gasteiger partial charge in [0, 0.05) is 24.3 Å². The second kappa shape index (κ2) is 6.45. The second-order valence-electron chi connectivity index (χ2n) is 5.55. The molecule has 1 unspecified atom stereocenters. The third kappa shape index (κ3) is 2.56. The fourth-order valence-electron chi connectivity index (χ4n) is 2.92. The number of esters is 1. The van der Waals surface area contributed by atoms with E-state index in [0.29, 0.717) is 5.82 Å². The number of carbonyl (C=O) groups is 2. The van der Waals surface area contributed by atoms with Gasteiger partial charge in [0.1, 0.15) is 25.1 Å². The first-order valence-electron chi connectivity index (χ1n) is 7.60. The number of nitrogens with zero attached hydrogens (tertiary/aromatic N) is 3. The highest BCUT2D eigenvalue weighted by atomic mass is 16.5. The zero-order valence-electron chi connectivity index (χ0n) is 13.9. The minimum atomic E-state index is -0.516. The van der Waals surface area contributed by atoms with Gasteiger partial charge in [-0.1, -0.05) is 18.2 Å². The molecule has 0 saturated heterocycles. The molecule has 2 heterocycles. The summed E-state index contributed by atoms with van der Waals surface area (Å²) in [4.78, 5) is 30.4. The van der Waals surface area contributed by atoms with Crippen LogP contribution in [0.5, 0.6) is 0 Å². The number of benzene rings is 1. The SMILES string of the molecule is COCN1C(=O)C(C)N=Cc2c1n(CC(=O)OC)c1ccccc21. The fourth-order valence-corrected chi connectivity index (χ4v) is 2.92. The summed E-state index contributed by atoms with van der Waals surface area (Å²) >= 11 is 0. The van der Waals surface area contributed by atoms with E-state index in [4.69, 9.17) is 9.47 Å². The molecule has 3 rings (SSSR count). The molecule has 0 saturated carbocycles. The van der Waals surface area contributed by atoms with Crippen molar-refractivity contribution in [1.82, 2.24) is 4.57 Å². The molecule has 0 aliphatic carbocycles. The minimum Gasteiger partial charge on any atom is -0.468 e. The van der Waals surface area contributed by atoms with E-state index < -0.39 is 12.0 Å². The average molecular weight is 329 g/mol. The summed E-state index contributed by atoms with van der Waals surface area (Å²) in [5.74, 6) is 0.0277. The predicted molar refractivity (Wildman–Crippen MR) is 90.4 cm³/mol. The maximum atomic E-state index is 12.7. The molecule has 1 amide bonds. The van der Waals surface area contributed by atoms with Crippen molar-refractivity contribution in [2.45, 2.75) is 19.5 Å². The van der Waals surface area contributed by atoms with Crippen molar-refractivity contribution in [1.29, 1.82) is 0 Å². The van der Waals surface area contributed by atoms with Crippen molar-refractivity contribution in [3.05, 3.63) is 29.8 Å². The second-order valence-corrected chi connectivity index (χ2v) is 5.55. The van der Waals surface area contributed by atoms with Crippen LogP contribution in [0.2, 0.25) is 0 Å². The van der Waals surface area contributed by atoms with Gasteiger partial charge in [0.2, 0.25) is 0 Å². The fraction of sp³-hybridized carbons (Fsp3) is 0.353. The van der Waals surface area contributed by atoms with Crippen molar-refractivity contribution < 1.29 is 19.1 Å². The van der Waals surface area contributed by atoms with Crippen molar-refractivity contribution in [3.8, 4) is 0 Å². The molecule has 0 bridgehead atoms. The molecule has 126 valence electrons. The Morgan fingerprint density at radius 1 is 1.29 bits per heavy atom. The molecular weight excluding hydrogens is 310 g/mol. The van der Waals surface area contributed by atoms with Gasteiger partial charge in [-0.2, -0.15) is 0 Å². The number of hydrogen-bond acceptors (Lipinski definition) is 5. The Labute approximate surface area is 139 Å². The molecule has 0 spiro atoms. The van der Waals surface area contributed by atoms with Gasteiger partial charge in [0.25, 0.3) is 5.91 Å². The smallest absolute Gasteiger partial charge is 0.325 e. The van der Waals surface area contributed by atoms with Crippen molar-refractivity contribution in [2.75, 3.05) is 25.9 Å². The lowest BCUT2D eigenvalue weighted by molar-refractivity contribution is -0.141. The summed E-state index contributed by atoms with van der Waals surface area (Å²) in [6.07, 6.45) is 1.70. The van der Waals surface area contributed by atoms with Crippen molar-refractivity contribution in [2.24, 2.45) is 4.99 Å². The average Bonchev–Trinajstić information content (AvgIpc) is 2.83. The van der Waals surface area contributed by atoms with Crippen LogP contribution in [-0.2, 0) is 25.6 Å². The van der Waals surface area contributed by atoms with Gasteiger partial charge in [-0.15, -0.1) is 0 Å². The minimum absolute atomic E-state index is 0.00205. The van der Waals surface area contributed by atoms with Gasteiger partial charge < -0.3 is 14.0 Å². The van der Waals surface area contributed by atoms with Crippen LogP contribution in [-0.4, -0.2) is 49.7 Å². The summed E-state index contributed by atoms with van der Waals surface area (Å²) in [5.41, 5.74) is 1.63. The first kappa shape index (κ1) is 16.2. The molecule has 7 nitrogen and oxygen atoms in total. The summed E-state index contributed by atoms with van der Waals surface area (Å²) in [6.45, 7) is 1.82. The number of ether oxygens (including phenoxy) is 2. The third-order valence-electron chi connectivity index (χ3n) is 4.06. The van der Waals surface area contributed by atoms with E-state index in [1.54, 1.807) is 17.7 Å². The predicted octanol–water partition coefficient (Wildman–Crippen LogP) is 1.57. The molecule has 0 fully saturated rings. The maximum Gasteiger partial charge on any atom is 0.325 e. The summed E-state index contributed by atoms with van der Waals surface area (Å²) < 4.78 is 11.8. The van der Waals surface area contributed by atoms with Crippen LogP contribution >= 0.6 is 0 Å². The Balaban J connectivity index is 2.29. The largest absolute Gasteiger partial charge is 0.468 e. The Morgan fingerprint density at radius 3 is 2.75 bits per heavy atom. The Morgan fingerprint density at radius 2 is 2.04 bits per heavy atom. The highest BCUT2D eigenvalue weighted by Gasteiger charge is 2.31. The number of carbonyl (C=O) groups excluding carboxylic acids is 2. The van der Waals surface area contributed by atoms with E-state index in [2.05, 4.69) is 4.99 Å². The van der Waals surface area contributed by atoms with Crippen LogP contribution < -0.4 is 4.90 Å². The Hall–Kier alpha value is -2.67. The topological polar surface area (TPSA) is 73.1 Å². The van der Waals surface area contributed by atoms with E-state index in [1.807, 2.05) is 24.3 Å². The summed E-state index contributed by atoms with van der Waals surface area (Å²) in [5, 5.41) is 0.920. The molecule has 2 aromatic rings. The summed E-state index contributed by atoms with van der Waals surface area (Å²) in [7, 11) is 2.87. The van der Waals surface area contributed by atoms with E-state index in [1.165, 1.54) is 19.1 Å². The first-order chi connectivity index (χ1) is 11.6. The lowest BCUT2D eigenvalue weighted by Crippen LogP contribution is -2.39. The van der Waals surface area contributed by atoms with Crippen molar-refractivity contribution in [3.63, 3.8) is 0 Å². The van der Waals surface area contributed by atoms with Gasteiger partial charge >= 0.3 is 5.97 Å². The quantitative estimate of drug-likeness (QED) is 0.798. The number of amides is 1. The Bertz CT molecular complexity index is 825. The molecule has 7 heteroatoms. The third-order valence-corrected chi connectivity index (χ3v) is 4.06. The monoisotopic (exact) mass is 329 g/mol. The van der Waals surface area contributed by atoms with Crippen LogP contribution in [0.15, 0.2) is 29.3 Å². The molecule has 1 aliphatic rings. The highest BCUT2D eigenvalue weighted by molar-refractivity contribution is 6.12. The molecule has 1 aromatic heterocycles. The van der Waals surface area contributed by atoms with E-state index in [-0.39, 0.29) is 19.2 Å². The van der Waals surface area contributed by atoms with Crippen molar-refractivity contribution >= 4 is 34.8 Å². The molecule has 1 aromatic carbocycles. The van der Waals surface area contributed by atoms with Crippen LogP contribution in [0, 0.1) is 0 Å². The number of anilines is 1. The van der Waals surface area contributed by atoms with Gasteiger partial charge in [-0.3, -0.25) is 19.5 Å². The number of methoxy groups -OCH3 is 2. The van der Waals surface area contributed by atoms with Gasteiger partial charge in [0.15, 0.2) is 0 Å². The standard InChI is InChI=1S/C17H19N3O4/c1-11-17(22)20(10-23-2)16-13(8-18-11)12-6-4-5-7-14(12)19(16)9-15(21)24-3/h4-8,11H,9-10H2,1-3H3. The van der Waals surface area contributed by atoms with E-state index in [0.717, 1.165) is 16.5 Å². The van der Waals surface area contributed by atoms with Crippen LogP contribution in [0.25, 0.3) is 10.9 Å². The van der Waals surface area contributed by atoms with E-state index in [9.17, 15) is 9.59 Å². The molecule has 0 N–H and O–H groups in total. The number of para-hydroxylation sites is 1. The maximum absolute atomic E-state index is 12.7. The normalized spacial score (nSPS) is 17.0. The van der Waals surface area contributed by atoms with Crippen LogP contribution in [0.1, 0.15) is 12.5 Å². The molecular formula is C17H19N3O4. The van der Waals surface area contributed by atoms with E-state index >= 15 is 0 Å². The van der Waals surface area contributed by atoms with Gasteiger partial charge in [-0.25, -0.2) is 0 Å². The zero-order chi connectivity index (χ0) is 17.3.